The van der Waals surface area contributed by atoms with Gasteiger partial charge in [0.15, 0.2) is 11.6 Å². The van der Waals surface area contributed by atoms with Crippen molar-refractivity contribution < 1.29 is 29.3 Å². The van der Waals surface area contributed by atoms with Crippen LogP contribution in [0.15, 0.2) is 0 Å². The first kappa shape index (κ1) is 19.2. The molecule has 1 aromatic rings. The summed E-state index contributed by atoms with van der Waals surface area (Å²) in [6.07, 6.45) is 3.43. The third-order valence-electron chi connectivity index (χ3n) is 6.53. The number of aromatic hydroxyl groups is 2. The van der Waals surface area contributed by atoms with E-state index >= 15 is 0 Å². The Balaban J connectivity index is 2.02. The van der Waals surface area contributed by atoms with Crippen molar-refractivity contribution >= 4 is 11.6 Å². The number of ether oxygens (including phenoxy) is 2. The number of hydrogen-bond acceptors (Lipinski definition) is 6. The Labute approximate surface area is 164 Å². The highest BCUT2D eigenvalue weighted by atomic mass is 16.7. The molecular formula is C22H28O6. The fourth-order valence-corrected chi connectivity index (χ4v) is 5.44. The number of phenols is 2. The molecule has 28 heavy (non-hydrogen) atoms. The van der Waals surface area contributed by atoms with Gasteiger partial charge in [0.05, 0.1) is 5.60 Å². The van der Waals surface area contributed by atoms with Crippen LogP contribution in [0.2, 0.25) is 0 Å². The van der Waals surface area contributed by atoms with Gasteiger partial charge in [-0.25, -0.2) is 0 Å². The third-order valence-corrected chi connectivity index (χ3v) is 6.53. The second kappa shape index (κ2) is 6.21. The van der Waals surface area contributed by atoms with E-state index in [-0.39, 0.29) is 58.7 Å². The van der Waals surface area contributed by atoms with Crippen LogP contribution in [0.5, 0.6) is 17.2 Å². The van der Waals surface area contributed by atoms with E-state index in [0.29, 0.717) is 12.0 Å². The maximum absolute atomic E-state index is 12.7. The molecule has 1 aliphatic carbocycles. The van der Waals surface area contributed by atoms with Gasteiger partial charge >= 0.3 is 0 Å². The van der Waals surface area contributed by atoms with E-state index in [1.165, 1.54) is 0 Å². The minimum Gasteiger partial charge on any atom is -0.507 e. The molecule has 1 aromatic carbocycles. The SMILES string of the molecule is CCC(=O)c1c(O)c(C(=O)CC)c2c(c1O)C1CCCC3(O2)OC(C)(C)CC13. The Bertz CT molecular complexity index is 871. The Morgan fingerprint density at radius 2 is 1.71 bits per heavy atom. The zero-order valence-electron chi connectivity index (χ0n) is 16.9. The molecule has 6 heteroatoms. The van der Waals surface area contributed by atoms with Crippen molar-refractivity contribution in [1.29, 1.82) is 0 Å². The minimum atomic E-state index is -0.850. The van der Waals surface area contributed by atoms with Gasteiger partial charge in [0.2, 0.25) is 5.79 Å². The number of hydrogen-bond donors (Lipinski definition) is 2. The summed E-state index contributed by atoms with van der Waals surface area (Å²) in [6, 6.07) is 0. The van der Waals surface area contributed by atoms with E-state index in [1.54, 1.807) is 13.8 Å². The molecule has 6 nitrogen and oxygen atoms in total. The van der Waals surface area contributed by atoms with E-state index in [4.69, 9.17) is 9.47 Å². The lowest BCUT2D eigenvalue weighted by Gasteiger charge is -2.48. The van der Waals surface area contributed by atoms with Crippen molar-refractivity contribution in [3.05, 3.63) is 16.7 Å². The molecule has 152 valence electrons. The first-order chi connectivity index (χ1) is 13.2. The average Bonchev–Trinajstić information content (AvgIpc) is 2.91. The molecule has 1 saturated carbocycles. The maximum atomic E-state index is 12.7. The minimum absolute atomic E-state index is 0.00475. The van der Waals surface area contributed by atoms with Crippen molar-refractivity contribution in [1.82, 2.24) is 0 Å². The van der Waals surface area contributed by atoms with E-state index in [0.717, 1.165) is 19.3 Å². The molecular weight excluding hydrogens is 360 g/mol. The first-order valence-corrected chi connectivity index (χ1v) is 10.2. The molecule has 3 aliphatic rings. The summed E-state index contributed by atoms with van der Waals surface area (Å²) >= 11 is 0. The van der Waals surface area contributed by atoms with Crippen LogP contribution in [0.3, 0.4) is 0 Å². The predicted molar refractivity (Wildman–Crippen MR) is 102 cm³/mol. The summed E-state index contributed by atoms with van der Waals surface area (Å²) < 4.78 is 12.7. The zero-order chi connectivity index (χ0) is 20.4. The van der Waals surface area contributed by atoms with Crippen molar-refractivity contribution in [2.24, 2.45) is 5.92 Å². The fourth-order valence-electron chi connectivity index (χ4n) is 5.44. The lowest BCUT2D eigenvalue weighted by Crippen LogP contribution is -2.50. The summed E-state index contributed by atoms with van der Waals surface area (Å²) in [5, 5.41) is 21.9. The van der Waals surface area contributed by atoms with Gasteiger partial charge in [0.1, 0.15) is 28.4 Å². The molecule has 2 bridgehead atoms. The summed E-state index contributed by atoms with van der Waals surface area (Å²) in [5.41, 5.74) is -0.0414. The molecule has 4 rings (SSSR count). The molecule has 2 N–H and O–H groups in total. The first-order valence-electron chi connectivity index (χ1n) is 10.2. The fraction of sp³-hybridized carbons (Fsp3) is 0.636. The van der Waals surface area contributed by atoms with Gasteiger partial charge in [0.25, 0.3) is 0 Å². The molecule has 0 aromatic heterocycles. The highest BCUT2D eigenvalue weighted by Gasteiger charge is 2.62. The smallest absolute Gasteiger partial charge is 0.214 e. The number of Topliss-reactive ketones (excluding diaryl/α,β-unsaturated/α-hetero) is 2. The molecule has 2 aliphatic heterocycles. The maximum Gasteiger partial charge on any atom is 0.214 e. The highest BCUT2D eigenvalue weighted by molar-refractivity contribution is 6.09. The molecule has 0 spiro atoms. The van der Waals surface area contributed by atoms with Gasteiger partial charge < -0.3 is 19.7 Å². The molecule has 3 unspecified atom stereocenters. The van der Waals surface area contributed by atoms with Crippen molar-refractivity contribution in [3.63, 3.8) is 0 Å². The Morgan fingerprint density at radius 1 is 1.07 bits per heavy atom. The third kappa shape index (κ3) is 2.50. The number of benzene rings is 1. The molecule has 0 amide bonds. The summed E-state index contributed by atoms with van der Waals surface area (Å²) in [6.45, 7) is 7.40. The van der Waals surface area contributed by atoms with Crippen molar-refractivity contribution in [3.8, 4) is 17.2 Å². The van der Waals surface area contributed by atoms with E-state index < -0.39 is 17.3 Å². The summed E-state index contributed by atoms with van der Waals surface area (Å²) in [5.74, 6) is -2.11. The summed E-state index contributed by atoms with van der Waals surface area (Å²) in [4.78, 5) is 25.3. The van der Waals surface area contributed by atoms with Gasteiger partial charge in [-0.05, 0) is 33.1 Å². The van der Waals surface area contributed by atoms with E-state index in [1.807, 2.05) is 13.8 Å². The normalized spacial score (nSPS) is 29.6. The standard InChI is InChI=1S/C22H28O6/c1-5-13(23)16-18(25)15-11-8-7-9-22(12(11)10-21(3,4)28-22)27-20(15)17(19(16)26)14(24)6-2/h11-12,25-26H,5-10H2,1-4H3. The molecule has 3 atom stereocenters. The van der Waals surface area contributed by atoms with Crippen LogP contribution >= 0.6 is 0 Å². The quantitative estimate of drug-likeness (QED) is 0.740. The van der Waals surface area contributed by atoms with Crippen molar-refractivity contribution in [2.45, 2.75) is 83.5 Å². The number of fused-ring (bicyclic) bond motifs is 2. The van der Waals surface area contributed by atoms with Crippen LogP contribution in [-0.2, 0) is 4.74 Å². The van der Waals surface area contributed by atoms with E-state index in [2.05, 4.69) is 0 Å². The van der Waals surface area contributed by atoms with Crippen molar-refractivity contribution in [2.75, 3.05) is 0 Å². The highest BCUT2D eigenvalue weighted by Crippen LogP contribution is 2.64. The van der Waals surface area contributed by atoms with Crippen LogP contribution < -0.4 is 4.74 Å². The average molecular weight is 388 g/mol. The predicted octanol–water partition coefficient (Wildman–Crippen LogP) is 4.45. The van der Waals surface area contributed by atoms with Gasteiger partial charge in [-0.2, -0.15) is 0 Å². The number of carbonyl (C=O) groups is 2. The molecule has 2 heterocycles. The summed E-state index contributed by atoms with van der Waals surface area (Å²) in [7, 11) is 0. The van der Waals surface area contributed by atoms with Crippen LogP contribution in [-0.4, -0.2) is 33.2 Å². The van der Waals surface area contributed by atoms with Gasteiger partial charge in [-0.15, -0.1) is 0 Å². The van der Waals surface area contributed by atoms with Gasteiger partial charge in [0, 0.05) is 36.7 Å². The molecule has 0 radical (unpaired) electrons. The molecule has 2 fully saturated rings. The van der Waals surface area contributed by atoms with E-state index in [9.17, 15) is 19.8 Å². The Kier molecular flexibility index (Phi) is 4.27. The second-order valence-electron chi connectivity index (χ2n) is 8.83. The largest absolute Gasteiger partial charge is 0.507 e. The number of rotatable bonds is 4. The van der Waals surface area contributed by atoms with Gasteiger partial charge in [-0.3, -0.25) is 9.59 Å². The second-order valence-corrected chi connectivity index (χ2v) is 8.83. The molecule has 1 saturated heterocycles. The lowest BCUT2D eigenvalue weighted by molar-refractivity contribution is -0.234. The van der Waals surface area contributed by atoms with Crippen LogP contribution in [0.1, 0.15) is 98.4 Å². The monoisotopic (exact) mass is 388 g/mol. The topological polar surface area (TPSA) is 93.1 Å². The number of carbonyl (C=O) groups excluding carboxylic acids is 2. The lowest BCUT2D eigenvalue weighted by atomic mass is 9.67. The Hall–Kier alpha value is -2.08. The van der Waals surface area contributed by atoms with Crippen LogP contribution in [0.4, 0.5) is 0 Å². The Morgan fingerprint density at radius 3 is 2.36 bits per heavy atom. The van der Waals surface area contributed by atoms with Gasteiger partial charge in [-0.1, -0.05) is 13.8 Å². The zero-order valence-corrected chi connectivity index (χ0v) is 16.9. The van der Waals surface area contributed by atoms with Crippen LogP contribution in [0, 0.1) is 5.92 Å². The number of phenolic OH excluding ortho intramolecular Hbond substituents is 2. The van der Waals surface area contributed by atoms with Crippen LogP contribution in [0.25, 0.3) is 0 Å². The number of ketones is 2.